The number of hydrogen-bond acceptors (Lipinski definition) is 4. The summed E-state index contributed by atoms with van der Waals surface area (Å²) in [5, 5.41) is 1.32. The number of aromatic nitrogens is 2. The summed E-state index contributed by atoms with van der Waals surface area (Å²) in [4.78, 5) is 20.7. The van der Waals surface area contributed by atoms with Gasteiger partial charge in [-0.15, -0.1) is 0 Å². The van der Waals surface area contributed by atoms with Crippen molar-refractivity contribution in [2.45, 2.75) is 39.5 Å². The number of aromatic amines is 1. The minimum Gasteiger partial charge on any atom is -0.486 e. The van der Waals surface area contributed by atoms with Crippen LogP contribution in [0.2, 0.25) is 5.02 Å². The van der Waals surface area contributed by atoms with Crippen molar-refractivity contribution in [3.8, 4) is 5.75 Å². The van der Waals surface area contributed by atoms with Crippen LogP contribution in [0.15, 0.2) is 36.4 Å². The molecule has 0 atom stereocenters. The predicted molar refractivity (Wildman–Crippen MR) is 110 cm³/mol. The minimum atomic E-state index is -0.559. The molecule has 0 aliphatic carbocycles. The standard InChI is InChI=1S/C21H23ClFN3O3/c1-21(2,3)29-20(27)26(4)11-15-8-13-9-16(22)18(10-17(13)24-15)28-12-14-6-5-7-19(23)25-14/h5-10,24H,11-12H2,1-4H3. The lowest BCUT2D eigenvalue weighted by molar-refractivity contribution is 0.0283. The number of carbonyl (C=O) groups is 1. The first kappa shape index (κ1) is 20.9. The second-order valence-corrected chi connectivity index (χ2v) is 8.15. The summed E-state index contributed by atoms with van der Waals surface area (Å²) in [6, 6.07) is 9.99. The van der Waals surface area contributed by atoms with Gasteiger partial charge in [-0.2, -0.15) is 4.39 Å². The number of nitrogens with one attached hydrogen (secondary N) is 1. The smallest absolute Gasteiger partial charge is 0.410 e. The number of H-pyrrole nitrogens is 1. The fourth-order valence-corrected chi connectivity index (χ4v) is 2.96. The van der Waals surface area contributed by atoms with Gasteiger partial charge in [0.05, 0.1) is 17.3 Å². The lowest BCUT2D eigenvalue weighted by Gasteiger charge is -2.24. The average Bonchev–Trinajstić information content (AvgIpc) is 2.99. The number of halogens is 2. The van der Waals surface area contributed by atoms with Crippen molar-refractivity contribution in [2.75, 3.05) is 7.05 Å². The largest absolute Gasteiger partial charge is 0.486 e. The molecule has 29 heavy (non-hydrogen) atoms. The summed E-state index contributed by atoms with van der Waals surface area (Å²) in [7, 11) is 1.67. The molecular formula is C21H23ClFN3O3. The Kier molecular flexibility index (Phi) is 5.98. The summed E-state index contributed by atoms with van der Waals surface area (Å²) in [5.41, 5.74) is 1.55. The molecule has 0 fully saturated rings. The molecule has 6 nitrogen and oxygen atoms in total. The van der Waals surface area contributed by atoms with Crippen molar-refractivity contribution < 1.29 is 18.7 Å². The molecule has 2 heterocycles. The highest BCUT2D eigenvalue weighted by atomic mass is 35.5. The van der Waals surface area contributed by atoms with E-state index in [9.17, 15) is 9.18 Å². The van der Waals surface area contributed by atoms with Crippen LogP contribution in [0.3, 0.4) is 0 Å². The highest BCUT2D eigenvalue weighted by molar-refractivity contribution is 6.32. The topological polar surface area (TPSA) is 67.5 Å². The number of fused-ring (bicyclic) bond motifs is 1. The van der Waals surface area contributed by atoms with Crippen LogP contribution >= 0.6 is 11.6 Å². The number of ether oxygens (including phenoxy) is 2. The number of amides is 1. The molecule has 3 aromatic rings. The first-order valence-electron chi connectivity index (χ1n) is 9.10. The highest BCUT2D eigenvalue weighted by Gasteiger charge is 2.20. The van der Waals surface area contributed by atoms with E-state index in [2.05, 4.69) is 9.97 Å². The number of rotatable bonds is 5. The summed E-state index contributed by atoms with van der Waals surface area (Å²) < 4.78 is 24.3. The first-order chi connectivity index (χ1) is 13.6. The molecule has 0 bridgehead atoms. The van der Waals surface area contributed by atoms with E-state index >= 15 is 0 Å². The van der Waals surface area contributed by atoms with E-state index in [0.29, 0.717) is 23.0 Å². The van der Waals surface area contributed by atoms with Crippen LogP contribution in [0.1, 0.15) is 32.2 Å². The Hall–Kier alpha value is -2.80. The monoisotopic (exact) mass is 419 g/mol. The molecule has 0 aliphatic rings. The Morgan fingerprint density at radius 2 is 2.03 bits per heavy atom. The van der Waals surface area contributed by atoms with Crippen LogP contribution in [0.25, 0.3) is 10.9 Å². The van der Waals surface area contributed by atoms with Gasteiger partial charge in [-0.1, -0.05) is 17.7 Å². The number of pyridine rings is 1. The Morgan fingerprint density at radius 1 is 1.28 bits per heavy atom. The van der Waals surface area contributed by atoms with Crippen molar-refractivity contribution in [3.63, 3.8) is 0 Å². The fourth-order valence-electron chi connectivity index (χ4n) is 2.73. The van der Waals surface area contributed by atoms with E-state index in [-0.39, 0.29) is 6.61 Å². The summed E-state index contributed by atoms with van der Waals surface area (Å²) in [6.07, 6.45) is -0.402. The van der Waals surface area contributed by atoms with Crippen molar-refractivity contribution in [1.82, 2.24) is 14.9 Å². The molecule has 0 unspecified atom stereocenters. The van der Waals surface area contributed by atoms with Gasteiger partial charge in [0.1, 0.15) is 18.0 Å². The van der Waals surface area contributed by atoms with Crippen LogP contribution in [0, 0.1) is 5.95 Å². The highest BCUT2D eigenvalue weighted by Crippen LogP contribution is 2.31. The third-order valence-electron chi connectivity index (χ3n) is 3.99. The van der Waals surface area contributed by atoms with E-state index in [1.807, 2.05) is 26.8 Å². The van der Waals surface area contributed by atoms with Crippen LogP contribution in [-0.2, 0) is 17.9 Å². The maximum absolute atomic E-state index is 13.2. The molecule has 0 saturated carbocycles. The maximum atomic E-state index is 13.2. The minimum absolute atomic E-state index is 0.0952. The zero-order chi connectivity index (χ0) is 21.2. The zero-order valence-electron chi connectivity index (χ0n) is 16.8. The first-order valence-corrected chi connectivity index (χ1v) is 9.48. The lowest BCUT2D eigenvalue weighted by Crippen LogP contribution is -2.33. The second kappa shape index (κ2) is 8.29. The summed E-state index contributed by atoms with van der Waals surface area (Å²) in [6.45, 7) is 5.92. The van der Waals surface area contributed by atoms with Gasteiger partial charge in [0.25, 0.3) is 0 Å². The third kappa shape index (κ3) is 5.60. The van der Waals surface area contributed by atoms with E-state index in [4.69, 9.17) is 21.1 Å². The van der Waals surface area contributed by atoms with Crippen LogP contribution in [-0.4, -0.2) is 33.6 Å². The molecule has 154 valence electrons. The molecule has 3 rings (SSSR count). The van der Waals surface area contributed by atoms with Gasteiger partial charge in [0.2, 0.25) is 5.95 Å². The average molecular weight is 420 g/mol. The van der Waals surface area contributed by atoms with Gasteiger partial charge in [-0.25, -0.2) is 9.78 Å². The van der Waals surface area contributed by atoms with E-state index in [1.54, 1.807) is 31.3 Å². The van der Waals surface area contributed by atoms with Gasteiger partial charge in [0.15, 0.2) is 0 Å². The molecule has 0 spiro atoms. The van der Waals surface area contributed by atoms with Gasteiger partial charge < -0.3 is 19.4 Å². The Bertz CT molecular complexity index is 1030. The predicted octanol–water partition coefficient (Wildman–Crippen LogP) is 5.30. The van der Waals surface area contributed by atoms with Crippen molar-refractivity contribution in [2.24, 2.45) is 0 Å². The fraction of sp³-hybridized carbons (Fsp3) is 0.333. The maximum Gasteiger partial charge on any atom is 0.410 e. The van der Waals surface area contributed by atoms with Gasteiger partial charge >= 0.3 is 6.09 Å². The van der Waals surface area contributed by atoms with Gasteiger partial charge in [-0.3, -0.25) is 0 Å². The number of hydrogen-bond donors (Lipinski definition) is 1. The molecule has 0 saturated heterocycles. The zero-order valence-corrected chi connectivity index (χ0v) is 17.5. The Labute approximate surface area is 173 Å². The van der Waals surface area contributed by atoms with E-state index < -0.39 is 17.6 Å². The molecule has 8 heteroatoms. The quantitative estimate of drug-likeness (QED) is 0.570. The van der Waals surface area contributed by atoms with Crippen molar-refractivity contribution in [1.29, 1.82) is 0 Å². The molecule has 1 amide bonds. The normalized spacial score (nSPS) is 11.5. The molecule has 1 aromatic carbocycles. The Morgan fingerprint density at radius 3 is 2.72 bits per heavy atom. The van der Waals surface area contributed by atoms with E-state index in [1.165, 1.54) is 11.0 Å². The van der Waals surface area contributed by atoms with Gasteiger partial charge in [-0.05, 0) is 45.0 Å². The van der Waals surface area contributed by atoms with Crippen molar-refractivity contribution >= 4 is 28.6 Å². The lowest BCUT2D eigenvalue weighted by atomic mass is 10.2. The van der Waals surface area contributed by atoms with Gasteiger partial charge in [0, 0.05) is 29.7 Å². The SMILES string of the molecule is CN(Cc1cc2cc(Cl)c(OCc3cccc(F)n3)cc2[nH]1)C(=O)OC(C)(C)C. The number of benzene rings is 1. The van der Waals surface area contributed by atoms with E-state index in [0.717, 1.165) is 16.6 Å². The van der Waals surface area contributed by atoms with Crippen LogP contribution in [0.5, 0.6) is 5.75 Å². The molecular weight excluding hydrogens is 397 g/mol. The van der Waals surface area contributed by atoms with Crippen molar-refractivity contribution in [3.05, 3.63) is 58.8 Å². The third-order valence-corrected chi connectivity index (χ3v) is 4.29. The summed E-state index contributed by atoms with van der Waals surface area (Å²) in [5.74, 6) is -0.102. The van der Waals surface area contributed by atoms with Crippen LogP contribution < -0.4 is 4.74 Å². The summed E-state index contributed by atoms with van der Waals surface area (Å²) >= 11 is 6.32. The Balaban J connectivity index is 1.72. The molecule has 0 aliphatic heterocycles. The molecule has 2 aromatic heterocycles. The number of carbonyl (C=O) groups excluding carboxylic acids is 1. The van der Waals surface area contributed by atoms with Crippen LogP contribution in [0.4, 0.5) is 9.18 Å². The molecule has 1 N–H and O–H groups in total. The molecule has 0 radical (unpaired) electrons. The number of nitrogens with zero attached hydrogens (tertiary/aromatic N) is 2. The second-order valence-electron chi connectivity index (χ2n) is 7.74.